The fourth-order valence-electron chi connectivity index (χ4n) is 2.05. The van der Waals surface area contributed by atoms with E-state index in [4.69, 9.17) is 22.1 Å². The zero-order valence-corrected chi connectivity index (χ0v) is 10.3. The Morgan fingerprint density at radius 2 is 2.33 bits per heavy atom. The van der Waals surface area contributed by atoms with Crippen molar-refractivity contribution in [2.45, 2.75) is 12.5 Å². The van der Waals surface area contributed by atoms with Crippen LogP contribution in [0.5, 0.6) is 0 Å². The molecule has 0 spiro atoms. The summed E-state index contributed by atoms with van der Waals surface area (Å²) < 4.78 is 7.11. The van der Waals surface area contributed by atoms with E-state index in [-0.39, 0.29) is 6.04 Å². The van der Waals surface area contributed by atoms with E-state index in [9.17, 15) is 0 Å². The van der Waals surface area contributed by atoms with Crippen LogP contribution in [0.3, 0.4) is 0 Å². The van der Waals surface area contributed by atoms with Crippen LogP contribution in [0.2, 0.25) is 5.02 Å². The van der Waals surface area contributed by atoms with Crippen molar-refractivity contribution in [1.82, 2.24) is 20.2 Å². The monoisotopic (exact) mass is 265 g/mol. The molecule has 1 aromatic heterocycles. The fraction of sp³-hybridized carbons (Fsp3) is 0.364. The maximum absolute atomic E-state index is 6.17. The lowest BCUT2D eigenvalue weighted by Crippen LogP contribution is -2.12. The fourth-order valence-corrected chi connectivity index (χ4v) is 2.25. The first kappa shape index (κ1) is 11.4. The van der Waals surface area contributed by atoms with E-state index in [0.717, 1.165) is 18.6 Å². The van der Waals surface area contributed by atoms with Gasteiger partial charge in [-0.2, -0.15) is 0 Å². The van der Waals surface area contributed by atoms with Crippen molar-refractivity contribution in [3.63, 3.8) is 0 Å². The Balaban J connectivity index is 2.06. The summed E-state index contributed by atoms with van der Waals surface area (Å²) in [6.45, 7) is 1.35. The number of nitrogens with two attached hydrogens (primary N) is 1. The lowest BCUT2D eigenvalue weighted by atomic mass is 10.1. The molecule has 94 valence electrons. The van der Waals surface area contributed by atoms with Gasteiger partial charge in [-0.25, -0.2) is 4.68 Å². The van der Waals surface area contributed by atoms with Gasteiger partial charge in [0, 0.05) is 17.9 Å². The van der Waals surface area contributed by atoms with Crippen molar-refractivity contribution in [3.8, 4) is 11.4 Å². The quantitative estimate of drug-likeness (QED) is 0.833. The Kier molecular flexibility index (Phi) is 2.89. The maximum atomic E-state index is 6.17. The van der Waals surface area contributed by atoms with E-state index < -0.39 is 0 Å². The normalized spacial score (nSPS) is 19.3. The largest absolute Gasteiger partial charge is 0.399 e. The minimum absolute atomic E-state index is 0.160. The van der Waals surface area contributed by atoms with Crippen LogP contribution in [0.4, 0.5) is 5.69 Å². The van der Waals surface area contributed by atoms with Crippen LogP contribution in [0.15, 0.2) is 18.2 Å². The lowest BCUT2D eigenvalue weighted by Gasteiger charge is -2.11. The van der Waals surface area contributed by atoms with E-state index in [1.165, 1.54) is 0 Å². The van der Waals surface area contributed by atoms with Crippen molar-refractivity contribution in [3.05, 3.63) is 23.2 Å². The molecule has 2 N–H and O–H groups in total. The highest BCUT2D eigenvalue weighted by Crippen LogP contribution is 2.30. The molecule has 1 aromatic carbocycles. The van der Waals surface area contributed by atoms with Gasteiger partial charge in [0.15, 0.2) is 5.82 Å². The van der Waals surface area contributed by atoms with Gasteiger partial charge in [0.2, 0.25) is 0 Å². The highest BCUT2D eigenvalue weighted by Gasteiger charge is 2.23. The number of ether oxygens (including phenoxy) is 1. The highest BCUT2D eigenvalue weighted by atomic mass is 35.5. The van der Waals surface area contributed by atoms with Crippen molar-refractivity contribution in [2.75, 3.05) is 18.9 Å². The second-order valence-corrected chi connectivity index (χ2v) is 4.61. The maximum Gasteiger partial charge on any atom is 0.183 e. The number of tetrazole rings is 1. The van der Waals surface area contributed by atoms with E-state index >= 15 is 0 Å². The Morgan fingerprint density at radius 3 is 3.11 bits per heavy atom. The van der Waals surface area contributed by atoms with Crippen LogP contribution in [0.25, 0.3) is 11.4 Å². The second-order valence-electron chi connectivity index (χ2n) is 4.20. The highest BCUT2D eigenvalue weighted by molar-refractivity contribution is 6.33. The smallest absolute Gasteiger partial charge is 0.183 e. The molecule has 1 aliphatic heterocycles. The number of benzene rings is 1. The Labute approximate surface area is 109 Å². The Bertz CT molecular complexity index is 564. The van der Waals surface area contributed by atoms with Crippen molar-refractivity contribution in [2.24, 2.45) is 0 Å². The summed E-state index contributed by atoms with van der Waals surface area (Å²) in [6, 6.07) is 5.43. The molecule has 1 saturated heterocycles. The molecule has 2 aromatic rings. The molecule has 1 unspecified atom stereocenters. The summed E-state index contributed by atoms with van der Waals surface area (Å²) >= 11 is 6.17. The minimum atomic E-state index is 0.160. The van der Waals surface area contributed by atoms with Crippen molar-refractivity contribution in [1.29, 1.82) is 0 Å². The van der Waals surface area contributed by atoms with Gasteiger partial charge in [0.25, 0.3) is 0 Å². The number of halogens is 1. The average Bonchev–Trinajstić information content (AvgIpc) is 3.00. The minimum Gasteiger partial charge on any atom is -0.399 e. The first-order chi connectivity index (χ1) is 8.75. The Hall–Kier alpha value is -1.66. The van der Waals surface area contributed by atoms with Gasteiger partial charge in [-0.3, -0.25) is 0 Å². The van der Waals surface area contributed by atoms with Crippen LogP contribution in [-0.2, 0) is 4.74 Å². The number of rotatable bonds is 2. The molecule has 0 bridgehead atoms. The molecule has 2 heterocycles. The third-order valence-corrected chi connectivity index (χ3v) is 3.31. The summed E-state index contributed by atoms with van der Waals surface area (Å²) in [5.41, 5.74) is 7.15. The number of hydrogen-bond acceptors (Lipinski definition) is 5. The summed E-state index contributed by atoms with van der Waals surface area (Å²) in [7, 11) is 0. The standard InChI is InChI=1S/C11H12ClN5O/c12-10-2-1-7(13)5-9(10)11-14-15-16-17(11)8-3-4-18-6-8/h1-2,5,8H,3-4,6,13H2. The zero-order chi connectivity index (χ0) is 12.5. The predicted octanol–water partition coefficient (Wildman–Crippen LogP) is 1.54. The topological polar surface area (TPSA) is 78.9 Å². The predicted molar refractivity (Wildman–Crippen MR) is 67.1 cm³/mol. The summed E-state index contributed by atoms with van der Waals surface area (Å²) in [6.07, 6.45) is 0.901. The molecule has 1 aliphatic rings. The summed E-state index contributed by atoms with van der Waals surface area (Å²) in [5, 5.41) is 12.4. The van der Waals surface area contributed by atoms with E-state index in [1.54, 1.807) is 22.9 Å². The second kappa shape index (κ2) is 4.55. The molecule has 3 rings (SSSR count). The van der Waals surface area contributed by atoms with Crippen LogP contribution in [-0.4, -0.2) is 33.4 Å². The molecule has 1 atom stereocenters. The van der Waals surface area contributed by atoms with Gasteiger partial charge < -0.3 is 10.5 Å². The lowest BCUT2D eigenvalue weighted by molar-refractivity contribution is 0.184. The molecule has 6 nitrogen and oxygen atoms in total. The van der Waals surface area contributed by atoms with Crippen LogP contribution < -0.4 is 5.73 Å². The van der Waals surface area contributed by atoms with Gasteiger partial charge in [-0.15, -0.1) is 5.10 Å². The number of nitrogens with zero attached hydrogens (tertiary/aromatic N) is 4. The van der Waals surface area contributed by atoms with E-state index in [2.05, 4.69) is 15.5 Å². The van der Waals surface area contributed by atoms with Crippen molar-refractivity contribution < 1.29 is 4.74 Å². The molecule has 7 heteroatoms. The number of anilines is 1. The van der Waals surface area contributed by atoms with Gasteiger partial charge in [0.1, 0.15) is 0 Å². The third-order valence-electron chi connectivity index (χ3n) is 2.98. The first-order valence-corrected chi connectivity index (χ1v) is 6.04. The first-order valence-electron chi connectivity index (χ1n) is 5.66. The number of hydrogen-bond donors (Lipinski definition) is 1. The molecule has 0 aliphatic carbocycles. The molecule has 0 radical (unpaired) electrons. The van der Waals surface area contributed by atoms with Crippen LogP contribution >= 0.6 is 11.6 Å². The van der Waals surface area contributed by atoms with Gasteiger partial charge in [-0.1, -0.05) is 11.6 Å². The molecule has 1 fully saturated rings. The number of nitrogen functional groups attached to an aromatic ring is 1. The SMILES string of the molecule is Nc1ccc(Cl)c(-c2nnnn2C2CCOC2)c1. The summed E-state index contributed by atoms with van der Waals surface area (Å²) in [4.78, 5) is 0. The molecular weight excluding hydrogens is 254 g/mol. The van der Waals surface area contributed by atoms with Crippen molar-refractivity contribution >= 4 is 17.3 Å². The van der Waals surface area contributed by atoms with Crippen LogP contribution in [0, 0.1) is 0 Å². The number of aromatic nitrogens is 4. The van der Waals surface area contributed by atoms with Gasteiger partial charge >= 0.3 is 0 Å². The van der Waals surface area contributed by atoms with Gasteiger partial charge in [-0.05, 0) is 35.0 Å². The molecule has 18 heavy (non-hydrogen) atoms. The zero-order valence-electron chi connectivity index (χ0n) is 9.58. The van der Waals surface area contributed by atoms with E-state index in [1.807, 2.05) is 0 Å². The summed E-state index contributed by atoms with van der Waals surface area (Å²) in [5.74, 6) is 0.628. The Morgan fingerprint density at radius 1 is 1.44 bits per heavy atom. The van der Waals surface area contributed by atoms with Gasteiger partial charge in [0.05, 0.1) is 17.7 Å². The third kappa shape index (κ3) is 1.93. The van der Waals surface area contributed by atoms with Crippen LogP contribution in [0.1, 0.15) is 12.5 Å². The molecular formula is C11H12ClN5O. The van der Waals surface area contributed by atoms with E-state index in [0.29, 0.717) is 23.1 Å². The average molecular weight is 266 g/mol. The molecule has 0 saturated carbocycles. The molecule has 0 amide bonds.